The molecule has 23 rings (SSSR count). The number of pyridine rings is 1. The van der Waals surface area contributed by atoms with Gasteiger partial charge in [-0.05, 0) is 139 Å². The van der Waals surface area contributed by atoms with Crippen LogP contribution in [0.15, 0.2) is 346 Å². The lowest BCUT2D eigenvalue weighted by atomic mass is 9.98. The van der Waals surface area contributed by atoms with Crippen LogP contribution in [-0.2, 0) is 0 Å². The maximum Gasteiger partial charge on any atom is 0.160 e. The molecule has 0 amide bonds. The minimum Gasteiger partial charge on any atom is -0.309 e. The minimum atomic E-state index is 0.639. The lowest BCUT2D eigenvalue weighted by molar-refractivity contribution is 1.16. The third-order valence-corrected chi connectivity index (χ3v) is 22.1. The third-order valence-electron chi connectivity index (χ3n) is 22.1. The first-order chi connectivity index (χ1) is 52.5. The molecule has 0 aliphatic rings. The van der Waals surface area contributed by atoms with Gasteiger partial charge < -0.3 is 17.9 Å². The molecule has 0 radical (unpaired) electrons. The van der Waals surface area contributed by atoms with Gasteiger partial charge in [-0.1, -0.05) is 212 Å². The van der Waals surface area contributed by atoms with Gasteiger partial charge in [0.05, 0.1) is 83.6 Å². The molecule has 0 spiro atoms. The van der Waals surface area contributed by atoms with E-state index in [0.29, 0.717) is 11.6 Å². The SMILES string of the molecule is c1ccc(-c2cc(-c3cccc(-c4nccc5c4c4ccccc4n5-c4cc5c6ccccc6n6c7ccc(-c8cc(-c9ccccc9)nc(-c9ccccc9)n8)cc7c(c4)c56)c3)nc(-c3ccc(-n4c5ccccc5c5cc(-c6cc7c8ccccc8n8c9ccccc9c(c6)c78)ccc54)cc3)n2)cc1. The largest absolute Gasteiger partial charge is 0.309 e. The van der Waals surface area contributed by atoms with Crippen molar-refractivity contribution in [1.29, 1.82) is 0 Å². The summed E-state index contributed by atoms with van der Waals surface area (Å²) >= 11 is 0. The topological polar surface area (TPSA) is 83.1 Å². The van der Waals surface area contributed by atoms with Crippen molar-refractivity contribution in [2.75, 3.05) is 0 Å². The van der Waals surface area contributed by atoms with Gasteiger partial charge in [0, 0.05) is 121 Å². The molecular formula is C97H57N9. The molecule has 0 N–H and O–H groups in total. The molecule has 0 bridgehead atoms. The molecule has 0 fully saturated rings. The molecule has 106 heavy (non-hydrogen) atoms. The number of hydrogen-bond donors (Lipinski definition) is 0. The van der Waals surface area contributed by atoms with E-state index in [1.807, 2.05) is 36.5 Å². The zero-order valence-electron chi connectivity index (χ0n) is 56.9. The highest BCUT2D eigenvalue weighted by molar-refractivity contribution is 6.27. The van der Waals surface area contributed by atoms with Crippen molar-refractivity contribution in [1.82, 2.24) is 42.9 Å². The molecule has 9 heteroatoms. The van der Waals surface area contributed by atoms with E-state index in [1.165, 1.54) is 81.8 Å². The van der Waals surface area contributed by atoms with Crippen molar-refractivity contribution >= 4 is 120 Å². The molecule has 490 valence electrons. The number of hydrogen-bond acceptors (Lipinski definition) is 5. The van der Waals surface area contributed by atoms with E-state index in [1.54, 1.807) is 0 Å². The van der Waals surface area contributed by atoms with Crippen LogP contribution in [0.5, 0.6) is 0 Å². The van der Waals surface area contributed by atoms with Crippen LogP contribution in [0.3, 0.4) is 0 Å². The average Bonchev–Trinajstić information content (AvgIpc) is 1.54. The van der Waals surface area contributed by atoms with Crippen molar-refractivity contribution in [3.8, 4) is 102 Å². The van der Waals surface area contributed by atoms with Gasteiger partial charge >= 0.3 is 0 Å². The van der Waals surface area contributed by atoms with Crippen molar-refractivity contribution in [3.05, 3.63) is 346 Å². The van der Waals surface area contributed by atoms with Crippen LogP contribution in [-0.4, -0.2) is 42.9 Å². The lowest BCUT2D eigenvalue weighted by Crippen LogP contribution is -1.97. The number of fused-ring (bicyclic) bond motifs is 18. The maximum atomic E-state index is 5.46. The number of nitrogens with zero attached hydrogens (tertiary/aromatic N) is 9. The molecule has 0 atom stereocenters. The van der Waals surface area contributed by atoms with Crippen LogP contribution in [0, 0.1) is 0 Å². The molecule has 9 aromatic heterocycles. The second-order valence-electron chi connectivity index (χ2n) is 27.9. The first-order valence-corrected chi connectivity index (χ1v) is 36.0. The van der Waals surface area contributed by atoms with Gasteiger partial charge in [-0.15, -0.1) is 0 Å². The zero-order chi connectivity index (χ0) is 69.2. The first kappa shape index (κ1) is 58.3. The van der Waals surface area contributed by atoms with Crippen molar-refractivity contribution in [2.24, 2.45) is 0 Å². The molecule has 9 nitrogen and oxygen atoms in total. The normalized spacial score (nSPS) is 12.2. The summed E-state index contributed by atoms with van der Waals surface area (Å²) in [5.74, 6) is 1.33. The highest BCUT2D eigenvalue weighted by Gasteiger charge is 2.26. The number of aromatic nitrogens is 9. The second-order valence-corrected chi connectivity index (χ2v) is 27.9. The quantitative estimate of drug-likeness (QED) is 0.136. The van der Waals surface area contributed by atoms with E-state index in [0.717, 1.165) is 128 Å². The highest BCUT2D eigenvalue weighted by atomic mass is 15.0. The molecule has 23 aromatic rings. The van der Waals surface area contributed by atoms with E-state index >= 15 is 0 Å². The Morgan fingerprint density at radius 2 is 0.566 bits per heavy atom. The summed E-state index contributed by atoms with van der Waals surface area (Å²) in [6.07, 6.45) is 1.96. The Kier molecular flexibility index (Phi) is 12.4. The molecule has 9 heterocycles. The average molecular weight is 1350 g/mol. The Hall–Kier alpha value is -14.4. The monoisotopic (exact) mass is 1350 g/mol. The highest BCUT2D eigenvalue weighted by Crippen LogP contribution is 2.47. The standard InChI is InChI=1S/C97H57N9/c1-4-21-58(22-5-1)80-56-82(101-97(100-80)61-39-43-67(44-40-61)103-84-34-15-10-29-69(84)74-50-62(41-45-89(74)103)66-52-76-70-30-11-16-35-85(70)105-86-36-17-12-31-71(86)77(53-66)94(76)105)63-27-20-28-65(49-63)93-92-73-33-14-19-38-88(73)104(91(92)47-48-98-93)68-54-78-72-32-13-18-37-87(72)106-90-46-42-64(51-75(90)79(55-68)95(78)106)83-57-81(59-23-6-2-7-24-59)99-96(102-83)60-25-8-3-9-26-60/h1-57H. The Bertz CT molecular complexity index is 7410. The van der Waals surface area contributed by atoms with Crippen LogP contribution < -0.4 is 0 Å². The molecule has 0 unspecified atom stereocenters. The maximum absolute atomic E-state index is 5.46. The Morgan fingerprint density at radius 1 is 0.198 bits per heavy atom. The minimum absolute atomic E-state index is 0.639. The van der Waals surface area contributed by atoms with Gasteiger partial charge in [0.15, 0.2) is 11.6 Å². The fourth-order valence-electron chi connectivity index (χ4n) is 17.4. The van der Waals surface area contributed by atoms with Crippen molar-refractivity contribution < 1.29 is 0 Å². The molecule has 0 saturated carbocycles. The van der Waals surface area contributed by atoms with Crippen LogP contribution in [0.1, 0.15) is 0 Å². The van der Waals surface area contributed by atoms with Crippen molar-refractivity contribution in [2.45, 2.75) is 0 Å². The van der Waals surface area contributed by atoms with Gasteiger partial charge in [0.1, 0.15) is 0 Å². The second kappa shape index (κ2) is 22.5. The van der Waals surface area contributed by atoms with Crippen molar-refractivity contribution in [3.63, 3.8) is 0 Å². The summed E-state index contributed by atoms with van der Waals surface area (Å²) in [6.45, 7) is 0. The summed E-state index contributed by atoms with van der Waals surface area (Å²) in [5, 5.41) is 14.4. The smallest absolute Gasteiger partial charge is 0.160 e. The van der Waals surface area contributed by atoms with E-state index in [-0.39, 0.29) is 0 Å². The van der Waals surface area contributed by atoms with Gasteiger partial charge in [-0.2, -0.15) is 0 Å². The fraction of sp³-hybridized carbons (Fsp3) is 0. The van der Waals surface area contributed by atoms with Crippen LogP contribution in [0.4, 0.5) is 0 Å². The number of benzene rings is 14. The Morgan fingerprint density at radius 3 is 1.15 bits per heavy atom. The van der Waals surface area contributed by atoms with E-state index in [2.05, 4.69) is 327 Å². The van der Waals surface area contributed by atoms with Gasteiger partial charge in [0.25, 0.3) is 0 Å². The van der Waals surface area contributed by atoms with Gasteiger partial charge in [-0.25, -0.2) is 19.9 Å². The van der Waals surface area contributed by atoms with Crippen LogP contribution in [0.2, 0.25) is 0 Å². The van der Waals surface area contributed by atoms with E-state index in [9.17, 15) is 0 Å². The van der Waals surface area contributed by atoms with E-state index < -0.39 is 0 Å². The van der Waals surface area contributed by atoms with Gasteiger partial charge in [-0.3, -0.25) is 4.98 Å². The summed E-state index contributed by atoms with van der Waals surface area (Å²) in [4.78, 5) is 26.5. The third kappa shape index (κ3) is 8.68. The molecule has 14 aromatic carbocycles. The summed E-state index contributed by atoms with van der Waals surface area (Å²) < 4.78 is 9.72. The number of para-hydroxylation sites is 5. The fourth-order valence-corrected chi connectivity index (χ4v) is 17.4. The Labute approximate surface area is 606 Å². The van der Waals surface area contributed by atoms with Crippen LogP contribution in [0.25, 0.3) is 221 Å². The molecule has 0 aliphatic carbocycles. The predicted octanol–water partition coefficient (Wildman–Crippen LogP) is 24.5. The summed E-state index contributed by atoms with van der Waals surface area (Å²) in [7, 11) is 0. The number of rotatable bonds is 10. The zero-order valence-corrected chi connectivity index (χ0v) is 56.9. The molecular weight excluding hydrogens is 1290 g/mol. The van der Waals surface area contributed by atoms with Crippen LogP contribution >= 0.6 is 0 Å². The van der Waals surface area contributed by atoms with E-state index in [4.69, 9.17) is 24.9 Å². The summed E-state index contributed by atoms with van der Waals surface area (Å²) in [6, 6.07) is 122. The molecule has 0 saturated heterocycles. The predicted molar refractivity (Wildman–Crippen MR) is 437 cm³/mol. The summed E-state index contributed by atoms with van der Waals surface area (Å²) in [5.41, 5.74) is 27.4. The van der Waals surface area contributed by atoms with Gasteiger partial charge in [0.2, 0.25) is 0 Å². The molecule has 0 aliphatic heterocycles. The first-order valence-electron chi connectivity index (χ1n) is 36.0. The Balaban J connectivity index is 0.629. The lowest BCUT2D eigenvalue weighted by Gasteiger charge is -2.12.